The maximum absolute atomic E-state index is 12.1. The van der Waals surface area contributed by atoms with Crippen LogP contribution in [0.25, 0.3) is 0 Å². The van der Waals surface area contributed by atoms with Gasteiger partial charge in [0.15, 0.2) is 0 Å². The number of alkyl halides is 2. The Balaban J connectivity index is 2.23. The van der Waals surface area contributed by atoms with Gasteiger partial charge >= 0.3 is 6.61 Å². The zero-order valence-corrected chi connectivity index (χ0v) is 12.3. The molecule has 1 heterocycles. The lowest BCUT2D eigenvalue weighted by molar-refractivity contribution is -0.0498. The lowest BCUT2D eigenvalue weighted by atomic mass is 10.1. The number of hydrogen-bond donors (Lipinski definition) is 1. The number of ether oxygens (including phenoxy) is 1. The summed E-state index contributed by atoms with van der Waals surface area (Å²) in [6.45, 7) is 1.20. The van der Waals surface area contributed by atoms with Crippen LogP contribution in [0.3, 0.4) is 0 Å². The SMILES string of the molecule is CNC(c1ccc(OC(F)F)cc1)c1nc(C)c(C)s1. The number of aryl methyl sites for hydroxylation is 2. The van der Waals surface area contributed by atoms with Crippen molar-refractivity contribution in [2.75, 3.05) is 7.05 Å². The maximum atomic E-state index is 12.1. The van der Waals surface area contributed by atoms with E-state index in [1.54, 1.807) is 35.6 Å². The van der Waals surface area contributed by atoms with E-state index in [0.717, 1.165) is 16.3 Å². The lowest BCUT2D eigenvalue weighted by Crippen LogP contribution is -2.17. The Bertz CT molecular complexity index is 550. The Morgan fingerprint density at radius 3 is 2.30 bits per heavy atom. The minimum Gasteiger partial charge on any atom is -0.435 e. The van der Waals surface area contributed by atoms with Crippen molar-refractivity contribution < 1.29 is 13.5 Å². The van der Waals surface area contributed by atoms with Gasteiger partial charge in [0.05, 0.1) is 11.7 Å². The predicted molar refractivity (Wildman–Crippen MR) is 75.6 cm³/mol. The molecule has 3 nitrogen and oxygen atoms in total. The summed E-state index contributed by atoms with van der Waals surface area (Å²) in [5, 5.41) is 4.16. The Morgan fingerprint density at radius 1 is 1.20 bits per heavy atom. The highest BCUT2D eigenvalue weighted by molar-refractivity contribution is 7.11. The van der Waals surface area contributed by atoms with Crippen LogP contribution in [0, 0.1) is 13.8 Å². The molecule has 0 aliphatic carbocycles. The molecule has 1 unspecified atom stereocenters. The van der Waals surface area contributed by atoms with Gasteiger partial charge in [-0.05, 0) is 38.6 Å². The van der Waals surface area contributed by atoms with E-state index in [0.29, 0.717) is 0 Å². The average molecular weight is 298 g/mol. The van der Waals surface area contributed by atoms with Gasteiger partial charge in [-0.25, -0.2) is 4.98 Å². The minimum atomic E-state index is -2.80. The van der Waals surface area contributed by atoms with Crippen molar-refractivity contribution in [2.24, 2.45) is 0 Å². The number of nitrogens with zero attached hydrogens (tertiary/aromatic N) is 1. The molecule has 0 spiro atoms. The van der Waals surface area contributed by atoms with E-state index < -0.39 is 6.61 Å². The number of benzene rings is 1. The molecule has 1 aromatic carbocycles. The van der Waals surface area contributed by atoms with Gasteiger partial charge in [-0.1, -0.05) is 12.1 Å². The molecular formula is C14H16F2N2OS. The number of thiazole rings is 1. The van der Waals surface area contributed by atoms with E-state index in [9.17, 15) is 8.78 Å². The maximum Gasteiger partial charge on any atom is 0.387 e. The molecule has 2 rings (SSSR count). The highest BCUT2D eigenvalue weighted by atomic mass is 32.1. The van der Waals surface area contributed by atoms with Crippen LogP contribution in [0.2, 0.25) is 0 Å². The molecule has 2 aromatic rings. The quantitative estimate of drug-likeness (QED) is 0.914. The third kappa shape index (κ3) is 3.32. The highest BCUT2D eigenvalue weighted by Gasteiger charge is 2.17. The molecule has 0 amide bonds. The van der Waals surface area contributed by atoms with Crippen molar-refractivity contribution in [2.45, 2.75) is 26.5 Å². The summed E-state index contributed by atoms with van der Waals surface area (Å²) < 4.78 is 28.6. The van der Waals surface area contributed by atoms with Gasteiger partial charge in [-0.15, -0.1) is 11.3 Å². The number of hydrogen-bond acceptors (Lipinski definition) is 4. The second-order valence-corrected chi connectivity index (χ2v) is 5.60. The van der Waals surface area contributed by atoms with E-state index >= 15 is 0 Å². The van der Waals surface area contributed by atoms with Gasteiger partial charge in [-0.2, -0.15) is 8.78 Å². The smallest absolute Gasteiger partial charge is 0.387 e. The Morgan fingerprint density at radius 2 is 1.85 bits per heavy atom. The van der Waals surface area contributed by atoms with E-state index in [-0.39, 0.29) is 11.8 Å². The summed E-state index contributed by atoms with van der Waals surface area (Å²) in [6, 6.07) is 6.57. The van der Waals surface area contributed by atoms with Crippen LogP contribution in [0.5, 0.6) is 5.75 Å². The molecule has 0 saturated heterocycles. The standard InChI is InChI=1S/C14H16F2N2OS/c1-8-9(2)20-13(18-8)12(17-3)10-4-6-11(7-5-10)19-14(15)16/h4-7,12,14,17H,1-3H3. The molecule has 0 fully saturated rings. The first kappa shape index (κ1) is 14.9. The first-order valence-electron chi connectivity index (χ1n) is 6.17. The Hall–Kier alpha value is -1.53. The number of rotatable bonds is 5. The summed E-state index contributed by atoms with van der Waals surface area (Å²) in [5.41, 5.74) is 1.98. The van der Waals surface area contributed by atoms with Gasteiger partial charge in [0.2, 0.25) is 0 Å². The normalized spacial score (nSPS) is 12.7. The van der Waals surface area contributed by atoms with Crippen LogP contribution in [0.4, 0.5) is 8.78 Å². The highest BCUT2D eigenvalue weighted by Crippen LogP contribution is 2.28. The van der Waals surface area contributed by atoms with Gasteiger partial charge < -0.3 is 10.1 Å². The van der Waals surface area contributed by atoms with Crippen LogP contribution in [-0.2, 0) is 0 Å². The van der Waals surface area contributed by atoms with Gasteiger partial charge in [-0.3, -0.25) is 0 Å². The zero-order chi connectivity index (χ0) is 14.7. The van der Waals surface area contributed by atoms with Crippen LogP contribution >= 0.6 is 11.3 Å². The molecule has 20 heavy (non-hydrogen) atoms. The van der Waals surface area contributed by atoms with Gasteiger partial charge in [0.1, 0.15) is 10.8 Å². The zero-order valence-electron chi connectivity index (χ0n) is 11.5. The number of halogens is 2. The largest absolute Gasteiger partial charge is 0.435 e. The summed E-state index contributed by atoms with van der Waals surface area (Å²) >= 11 is 1.63. The summed E-state index contributed by atoms with van der Waals surface area (Å²) in [5.74, 6) is 0.158. The van der Waals surface area contributed by atoms with Gasteiger partial charge in [0.25, 0.3) is 0 Å². The van der Waals surface area contributed by atoms with Crippen LogP contribution in [-0.4, -0.2) is 18.6 Å². The molecule has 1 aromatic heterocycles. The van der Waals surface area contributed by atoms with Crippen molar-refractivity contribution in [1.82, 2.24) is 10.3 Å². The summed E-state index contributed by atoms with van der Waals surface area (Å²) in [4.78, 5) is 5.71. The monoisotopic (exact) mass is 298 g/mol. The van der Waals surface area contributed by atoms with Crippen molar-refractivity contribution in [1.29, 1.82) is 0 Å². The topological polar surface area (TPSA) is 34.1 Å². The van der Waals surface area contributed by atoms with Crippen LogP contribution < -0.4 is 10.1 Å². The molecule has 0 aliphatic heterocycles. The van der Waals surface area contributed by atoms with Crippen molar-refractivity contribution >= 4 is 11.3 Å². The molecule has 108 valence electrons. The molecule has 1 N–H and O–H groups in total. The fourth-order valence-corrected chi connectivity index (χ4v) is 2.96. The fraction of sp³-hybridized carbons (Fsp3) is 0.357. The summed E-state index contributed by atoms with van der Waals surface area (Å²) in [7, 11) is 1.85. The number of nitrogens with one attached hydrogen (secondary N) is 1. The predicted octanol–water partition coefficient (Wildman–Crippen LogP) is 3.67. The number of aromatic nitrogens is 1. The molecule has 0 aliphatic rings. The first-order chi connectivity index (χ1) is 9.51. The van der Waals surface area contributed by atoms with E-state index in [4.69, 9.17) is 0 Å². The second-order valence-electron chi connectivity index (χ2n) is 4.36. The summed E-state index contributed by atoms with van der Waals surface area (Å²) in [6.07, 6.45) is 0. The molecule has 6 heteroatoms. The minimum absolute atomic E-state index is 0.0481. The third-order valence-corrected chi connectivity index (χ3v) is 4.16. The van der Waals surface area contributed by atoms with E-state index in [1.807, 2.05) is 20.9 Å². The van der Waals surface area contributed by atoms with Crippen LogP contribution in [0.15, 0.2) is 24.3 Å². The molecule has 1 atom stereocenters. The Labute approximate surface area is 120 Å². The van der Waals surface area contributed by atoms with Crippen LogP contribution in [0.1, 0.15) is 27.2 Å². The van der Waals surface area contributed by atoms with Crippen molar-refractivity contribution in [3.05, 3.63) is 45.4 Å². The Kier molecular flexibility index (Phi) is 4.67. The second kappa shape index (κ2) is 6.28. The molecule has 0 bridgehead atoms. The lowest BCUT2D eigenvalue weighted by Gasteiger charge is -2.14. The van der Waals surface area contributed by atoms with E-state index in [2.05, 4.69) is 15.0 Å². The molecule has 0 radical (unpaired) electrons. The molecule has 0 saturated carbocycles. The van der Waals surface area contributed by atoms with Crippen molar-refractivity contribution in [3.63, 3.8) is 0 Å². The molecular weight excluding hydrogens is 282 g/mol. The van der Waals surface area contributed by atoms with Gasteiger partial charge in [0, 0.05) is 4.88 Å². The third-order valence-electron chi connectivity index (χ3n) is 3.02. The first-order valence-corrected chi connectivity index (χ1v) is 6.99. The van der Waals surface area contributed by atoms with Crippen molar-refractivity contribution in [3.8, 4) is 5.75 Å². The average Bonchev–Trinajstić information content (AvgIpc) is 2.72. The fourth-order valence-electron chi connectivity index (χ4n) is 1.90. The van der Waals surface area contributed by atoms with E-state index in [1.165, 1.54) is 4.88 Å².